The minimum atomic E-state index is -0.503. The summed E-state index contributed by atoms with van der Waals surface area (Å²) in [6, 6.07) is 1.28. The first-order valence-corrected chi connectivity index (χ1v) is 10.5. The maximum Gasteiger partial charge on any atom is 0.172 e. The molecule has 0 saturated carbocycles. The zero-order valence-electron chi connectivity index (χ0n) is 18.9. The lowest BCUT2D eigenvalue weighted by Gasteiger charge is -2.43. The van der Waals surface area contributed by atoms with Crippen LogP contribution in [-0.2, 0) is 6.42 Å². The maximum atomic E-state index is 12.8. The number of benzene rings is 1. The number of fused-ring (bicyclic) bond motifs is 1. The second-order valence-electron chi connectivity index (χ2n) is 9.27. The van der Waals surface area contributed by atoms with E-state index in [1.165, 1.54) is 17.2 Å². The first-order valence-electron chi connectivity index (χ1n) is 10.5. The fraction of sp³-hybridized carbons (Fsp3) is 0.560. The molecule has 0 aliphatic carbocycles. The van der Waals surface area contributed by atoms with E-state index in [1.807, 2.05) is 0 Å². The van der Waals surface area contributed by atoms with Gasteiger partial charge >= 0.3 is 0 Å². The highest BCUT2D eigenvalue weighted by Gasteiger charge is 2.43. The Bertz CT molecular complexity index is 824. The van der Waals surface area contributed by atoms with Crippen molar-refractivity contribution in [2.24, 2.45) is 11.8 Å². The van der Waals surface area contributed by atoms with Crippen molar-refractivity contribution >= 4 is 5.78 Å². The number of aromatic hydroxyl groups is 2. The van der Waals surface area contributed by atoms with Gasteiger partial charge in [0, 0.05) is 23.5 Å². The summed E-state index contributed by atoms with van der Waals surface area (Å²) in [4.78, 5) is 12.8. The number of phenolic OH excluding ortho intramolecular Hbond substituents is 2. The molecule has 0 saturated heterocycles. The van der Waals surface area contributed by atoms with E-state index in [9.17, 15) is 15.0 Å². The summed E-state index contributed by atoms with van der Waals surface area (Å²) < 4.78 is 6.51. The van der Waals surface area contributed by atoms with Crippen LogP contribution in [0.1, 0.15) is 83.7 Å². The van der Waals surface area contributed by atoms with Crippen molar-refractivity contribution < 1.29 is 19.7 Å². The van der Waals surface area contributed by atoms with Crippen molar-refractivity contribution in [1.82, 2.24) is 0 Å². The van der Waals surface area contributed by atoms with Crippen LogP contribution in [0.25, 0.3) is 0 Å². The molecule has 1 aromatic carbocycles. The Morgan fingerprint density at radius 2 is 1.79 bits per heavy atom. The van der Waals surface area contributed by atoms with E-state index in [0.29, 0.717) is 17.7 Å². The Morgan fingerprint density at radius 3 is 2.34 bits per heavy atom. The largest absolute Gasteiger partial charge is 0.507 e. The monoisotopic (exact) mass is 400 g/mol. The highest BCUT2D eigenvalue weighted by molar-refractivity contribution is 6.03. The van der Waals surface area contributed by atoms with Crippen LogP contribution in [0.5, 0.6) is 17.2 Å². The third kappa shape index (κ3) is 5.23. The van der Waals surface area contributed by atoms with Gasteiger partial charge in [-0.2, -0.15) is 0 Å². The summed E-state index contributed by atoms with van der Waals surface area (Å²) >= 11 is 0. The molecule has 29 heavy (non-hydrogen) atoms. The minimum Gasteiger partial charge on any atom is -0.507 e. The third-order valence-electron chi connectivity index (χ3n) is 5.76. The quantitative estimate of drug-likeness (QED) is 0.413. The van der Waals surface area contributed by atoms with Gasteiger partial charge in [0.2, 0.25) is 0 Å². The summed E-state index contributed by atoms with van der Waals surface area (Å²) in [7, 11) is 0. The molecule has 2 rings (SSSR count). The molecule has 0 aromatic heterocycles. The highest BCUT2D eigenvalue weighted by atomic mass is 16.5. The summed E-state index contributed by atoms with van der Waals surface area (Å²) in [5, 5.41) is 21.0. The number of carbonyl (C=O) groups is 1. The summed E-state index contributed by atoms with van der Waals surface area (Å²) in [6.07, 6.45) is 7.51. The Balaban J connectivity index is 2.56. The van der Waals surface area contributed by atoms with Crippen LogP contribution >= 0.6 is 0 Å². The van der Waals surface area contributed by atoms with E-state index < -0.39 is 5.60 Å². The van der Waals surface area contributed by atoms with Crippen LogP contribution in [0.3, 0.4) is 0 Å². The molecule has 2 atom stereocenters. The molecule has 2 N–H and O–H groups in total. The van der Waals surface area contributed by atoms with E-state index in [4.69, 9.17) is 4.74 Å². The average molecular weight is 401 g/mol. The number of Topliss-reactive ketones (excluding diaryl/α,β-unsaturated/α-hetero) is 1. The first-order chi connectivity index (χ1) is 13.5. The molecule has 0 bridgehead atoms. The van der Waals surface area contributed by atoms with Gasteiger partial charge in [-0.1, -0.05) is 37.1 Å². The number of allylic oxidation sites excluding steroid dienone is 4. The standard InChI is InChI=1S/C25H36O4/c1-15(2)9-8-12-25(7)18(11-10-16(3)4)13-19-20(26)14-21(27)22(24(19)29-25)23(28)17(5)6/h9-10,14,17-18,26-27H,8,11-13H2,1-7H3. The van der Waals surface area contributed by atoms with Crippen LogP contribution in [0, 0.1) is 11.8 Å². The zero-order valence-corrected chi connectivity index (χ0v) is 18.9. The number of hydrogen-bond donors (Lipinski definition) is 2. The van der Waals surface area contributed by atoms with Gasteiger partial charge in [0.15, 0.2) is 5.78 Å². The van der Waals surface area contributed by atoms with Gasteiger partial charge in [-0.05, 0) is 60.3 Å². The van der Waals surface area contributed by atoms with Gasteiger partial charge < -0.3 is 14.9 Å². The molecule has 4 heteroatoms. The van der Waals surface area contributed by atoms with Gasteiger partial charge in [-0.3, -0.25) is 4.79 Å². The van der Waals surface area contributed by atoms with E-state index >= 15 is 0 Å². The minimum absolute atomic E-state index is 0.00801. The molecule has 1 aromatic rings. The topological polar surface area (TPSA) is 66.8 Å². The fourth-order valence-electron chi connectivity index (χ4n) is 3.90. The Kier molecular flexibility index (Phi) is 7.20. The lowest BCUT2D eigenvalue weighted by Crippen LogP contribution is -2.45. The lowest BCUT2D eigenvalue weighted by atomic mass is 9.75. The van der Waals surface area contributed by atoms with Crippen molar-refractivity contribution in [3.05, 3.63) is 40.5 Å². The highest BCUT2D eigenvalue weighted by Crippen LogP contribution is 2.49. The van der Waals surface area contributed by atoms with Crippen molar-refractivity contribution in [3.8, 4) is 17.2 Å². The van der Waals surface area contributed by atoms with Crippen molar-refractivity contribution in [1.29, 1.82) is 0 Å². The summed E-state index contributed by atoms with van der Waals surface area (Å²) in [6.45, 7) is 14.0. The Labute approximate surface area is 175 Å². The smallest absolute Gasteiger partial charge is 0.172 e. The normalized spacial score (nSPS) is 20.6. The fourth-order valence-corrected chi connectivity index (χ4v) is 3.90. The summed E-state index contributed by atoms with van der Waals surface area (Å²) in [5.74, 6) is -0.158. The Hall–Kier alpha value is -2.23. The van der Waals surface area contributed by atoms with E-state index in [-0.39, 0.29) is 34.7 Å². The Morgan fingerprint density at radius 1 is 1.17 bits per heavy atom. The first kappa shape index (κ1) is 23.1. The van der Waals surface area contributed by atoms with Crippen LogP contribution in [0.2, 0.25) is 0 Å². The second-order valence-corrected chi connectivity index (χ2v) is 9.27. The van der Waals surface area contributed by atoms with E-state index in [0.717, 1.165) is 19.3 Å². The molecule has 1 heterocycles. The van der Waals surface area contributed by atoms with Gasteiger partial charge in [0.25, 0.3) is 0 Å². The molecule has 0 amide bonds. The van der Waals surface area contributed by atoms with E-state index in [2.05, 4.69) is 46.8 Å². The van der Waals surface area contributed by atoms with Gasteiger partial charge in [0.1, 0.15) is 28.4 Å². The molecular weight excluding hydrogens is 364 g/mol. The molecule has 0 fully saturated rings. The number of rotatable bonds is 7. The average Bonchev–Trinajstić information content (AvgIpc) is 2.59. The van der Waals surface area contributed by atoms with Gasteiger partial charge in [-0.15, -0.1) is 0 Å². The number of carbonyl (C=O) groups excluding carboxylic acids is 1. The maximum absolute atomic E-state index is 12.8. The molecule has 2 unspecified atom stereocenters. The molecule has 160 valence electrons. The molecule has 0 radical (unpaired) electrons. The van der Waals surface area contributed by atoms with Crippen molar-refractivity contribution in [2.75, 3.05) is 0 Å². The number of ether oxygens (including phenoxy) is 1. The predicted octanol–water partition coefficient (Wildman–Crippen LogP) is 6.35. The molecular formula is C25H36O4. The number of phenols is 2. The van der Waals surface area contributed by atoms with Crippen molar-refractivity contribution in [2.45, 2.75) is 79.8 Å². The van der Waals surface area contributed by atoms with E-state index in [1.54, 1.807) is 13.8 Å². The van der Waals surface area contributed by atoms with Crippen LogP contribution < -0.4 is 4.74 Å². The lowest BCUT2D eigenvalue weighted by molar-refractivity contribution is 0.00180. The number of hydrogen-bond acceptors (Lipinski definition) is 4. The van der Waals surface area contributed by atoms with Crippen LogP contribution in [0.4, 0.5) is 0 Å². The van der Waals surface area contributed by atoms with Crippen LogP contribution in [-0.4, -0.2) is 21.6 Å². The zero-order chi connectivity index (χ0) is 21.9. The summed E-state index contributed by atoms with van der Waals surface area (Å²) in [5.41, 5.74) is 2.82. The van der Waals surface area contributed by atoms with Gasteiger partial charge in [0.05, 0.1) is 0 Å². The molecule has 1 aliphatic rings. The predicted molar refractivity (Wildman–Crippen MR) is 118 cm³/mol. The van der Waals surface area contributed by atoms with Crippen molar-refractivity contribution in [3.63, 3.8) is 0 Å². The third-order valence-corrected chi connectivity index (χ3v) is 5.76. The number of ketones is 1. The second kappa shape index (κ2) is 9.06. The van der Waals surface area contributed by atoms with Gasteiger partial charge in [-0.25, -0.2) is 0 Å². The molecule has 1 aliphatic heterocycles. The molecule has 0 spiro atoms. The molecule has 4 nitrogen and oxygen atoms in total. The SMILES string of the molecule is CC(C)=CCCC1(C)Oc2c(c(O)cc(O)c2C(=O)C(C)C)CC1CC=C(C)C. The van der Waals surface area contributed by atoms with Crippen LogP contribution in [0.15, 0.2) is 29.4 Å².